The molecule has 1 aliphatic heterocycles. The number of hydrogen-bond donors (Lipinski definition) is 1. The molecule has 1 aromatic carbocycles. The second-order valence-electron chi connectivity index (χ2n) is 4.26. The fourth-order valence-corrected chi connectivity index (χ4v) is 1.97. The number of carbonyl (C=O) groups is 1. The molecule has 0 aromatic heterocycles. The maximum absolute atomic E-state index is 11.8. The summed E-state index contributed by atoms with van der Waals surface area (Å²) in [6.45, 7) is 1.86. The average molecular weight is 271 g/mol. The van der Waals surface area contributed by atoms with Crippen LogP contribution in [0.5, 0.6) is 0 Å². The lowest BCUT2D eigenvalue weighted by Gasteiger charge is -2.16. The molecule has 2 rings (SSSR count). The van der Waals surface area contributed by atoms with Crippen molar-refractivity contribution in [3.05, 3.63) is 35.9 Å². The minimum Gasteiger partial charge on any atom is -0.445 e. The summed E-state index contributed by atoms with van der Waals surface area (Å²) in [4.78, 5) is 13.5. The summed E-state index contributed by atoms with van der Waals surface area (Å²) < 4.78 is 5.26. The lowest BCUT2D eigenvalue weighted by molar-refractivity contribution is 0.103. The van der Waals surface area contributed by atoms with E-state index >= 15 is 0 Å². The van der Waals surface area contributed by atoms with Crippen LogP contribution in [-0.4, -0.2) is 37.2 Å². The lowest BCUT2D eigenvalue weighted by Crippen LogP contribution is -2.33. The largest absolute Gasteiger partial charge is 0.445 e. The number of likely N-dealkylation sites (tertiary alicyclic amines) is 1. The van der Waals surface area contributed by atoms with E-state index in [0.29, 0.717) is 12.6 Å². The normalized spacial score (nSPS) is 18.3. The van der Waals surface area contributed by atoms with E-state index in [9.17, 15) is 4.79 Å². The van der Waals surface area contributed by atoms with Crippen molar-refractivity contribution in [2.45, 2.75) is 19.1 Å². The topological polar surface area (TPSA) is 41.6 Å². The van der Waals surface area contributed by atoms with Crippen molar-refractivity contribution in [1.29, 1.82) is 0 Å². The van der Waals surface area contributed by atoms with E-state index in [0.717, 1.165) is 25.1 Å². The first-order chi connectivity index (χ1) is 8.29. The average Bonchev–Trinajstić information content (AvgIpc) is 2.86. The predicted molar refractivity (Wildman–Crippen MR) is 72.9 cm³/mol. The van der Waals surface area contributed by atoms with Gasteiger partial charge in [-0.1, -0.05) is 30.3 Å². The summed E-state index contributed by atoms with van der Waals surface area (Å²) in [5, 5.41) is 3.17. The van der Waals surface area contributed by atoms with Gasteiger partial charge >= 0.3 is 6.09 Å². The molecule has 100 valence electrons. The first-order valence-electron chi connectivity index (χ1n) is 5.92. The number of rotatable bonds is 3. The van der Waals surface area contributed by atoms with Crippen LogP contribution in [0.3, 0.4) is 0 Å². The SMILES string of the molecule is CNC1CCN(C(=O)OCc2ccccc2)C1.Cl. The number of carbonyl (C=O) groups excluding carboxylic acids is 1. The predicted octanol–water partition coefficient (Wildman–Crippen LogP) is 2.04. The first kappa shape index (κ1) is 14.8. The van der Waals surface area contributed by atoms with Crippen LogP contribution in [-0.2, 0) is 11.3 Å². The quantitative estimate of drug-likeness (QED) is 0.914. The Morgan fingerprint density at radius 2 is 2.17 bits per heavy atom. The highest BCUT2D eigenvalue weighted by Crippen LogP contribution is 2.11. The van der Waals surface area contributed by atoms with Crippen LogP contribution in [0.15, 0.2) is 30.3 Å². The Kier molecular flexibility index (Phi) is 5.95. The molecule has 1 aliphatic rings. The molecule has 1 N–H and O–H groups in total. The third-order valence-corrected chi connectivity index (χ3v) is 3.06. The minimum atomic E-state index is -0.216. The van der Waals surface area contributed by atoms with Crippen molar-refractivity contribution in [1.82, 2.24) is 10.2 Å². The molecular formula is C13H19ClN2O2. The number of amides is 1. The summed E-state index contributed by atoms with van der Waals surface area (Å²) in [5.41, 5.74) is 1.02. The number of hydrogen-bond acceptors (Lipinski definition) is 3. The zero-order valence-corrected chi connectivity index (χ0v) is 11.3. The van der Waals surface area contributed by atoms with Crippen molar-refractivity contribution in [2.24, 2.45) is 0 Å². The monoisotopic (exact) mass is 270 g/mol. The molecule has 1 aromatic rings. The molecule has 5 heteroatoms. The van der Waals surface area contributed by atoms with Gasteiger partial charge in [-0.25, -0.2) is 4.79 Å². The van der Waals surface area contributed by atoms with Gasteiger partial charge in [0.1, 0.15) is 6.61 Å². The molecule has 18 heavy (non-hydrogen) atoms. The Hall–Kier alpha value is -1.26. The highest BCUT2D eigenvalue weighted by Gasteiger charge is 2.25. The standard InChI is InChI=1S/C13H18N2O2.ClH/c1-14-12-7-8-15(9-12)13(16)17-10-11-5-3-2-4-6-11;/h2-6,12,14H,7-10H2,1H3;1H. The van der Waals surface area contributed by atoms with Gasteiger partial charge in [0.05, 0.1) is 0 Å². The Morgan fingerprint density at radius 1 is 1.44 bits per heavy atom. The highest BCUT2D eigenvalue weighted by atomic mass is 35.5. The van der Waals surface area contributed by atoms with Gasteiger partial charge in [0, 0.05) is 19.1 Å². The zero-order valence-electron chi connectivity index (χ0n) is 10.5. The van der Waals surface area contributed by atoms with E-state index in [1.807, 2.05) is 37.4 Å². The number of likely N-dealkylation sites (N-methyl/N-ethyl adjacent to an activating group) is 1. The number of nitrogens with zero attached hydrogens (tertiary/aromatic N) is 1. The van der Waals surface area contributed by atoms with Gasteiger partial charge in [0.25, 0.3) is 0 Å². The Balaban J connectivity index is 0.00000162. The van der Waals surface area contributed by atoms with Crippen LogP contribution in [0.4, 0.5) is 4.79 Å². The van der Waals surface area contributed by atoms with Gasteiger partial charge in [-0.3, -0.25) is 0 Å². The molecular weight excluding hydrogens is 252 g/mol. The van der Waals surface area contributed by atoms with Gasteiger partial charge in [0.2, 0.25) is 0 Å². The number of benzene rings is 1. The number of halogens is 1. The molecule has 0 bridgehead atoms. The molecule has 1 heterocycles. The van der Waals surface area contributed by atoms with E-state index in [1.54, 1.807) is 4.90 Å². The molecule has 1 unspecified atom stereocenters. The fraction of sp³-hybridized carbons (Fsp3) is 0.462. The van der Waals surface area contributed by atoms with Crippen LogP contribution >= 0.6 is 12.4 Å². The second kappa shape index (κ2) is 7.24. The third kappa shape index (κ3) is 3.89. The van der Waals surface area contributed by atoms with Crippen molar-refractivity contribution >= 4 is 18.5 Å². The van der Waals surface area contributed by atoms with E-state index in [-0.39, 0.29) is 18.5 Å². The van der Waals surface area contributed by atoms with Crippen molar-refractivity contribution in [2.75, 3.05) is 20.1 Å². The lowest BCUT2D eigenvalue weighted by atomic mass is 10.2. The Labute approximate surface area is 114 Å². The van der Waals surface area contributed by atoms with Crippen molar-refractivity contribution < 1.29 is 9.53 Å². The minimum absolute atomic E-state index is 0. The summed E-state index contributed by atoms with van der Waals surface area (Å²) >= 11 is 0. The van der Waals surface area contributed by atoms with Gasteiger partial charge in [0.15, 0.2) is 0 Å². The Morgan fingerprint density at radius 3 is 2.78 bits per heavy atom. The van der Waals surface area contributed by atoms with Crippen molar-refractivity contribution in [3.63, 3.8) is 0 Å². The van der Waals surface area contributed by atoms with Crippen LogP contribution in [0.25, 0.3) is 0 Å². The van der Waals surface area contributed by atoms with Crippen LogP contribution in [0.1, 0.15) is 12.0 Å². The van der Waals surface area contributed by atoms with E-state index in [4.69, 9.17) is 4.74 Å². The van der Waals surface area contributed by atoms with Gasteiger partial charge < -0.3 is 15.0 Å². The zero-order chi connectivity index (χ0) is 12.1. The van der Waals surface area contributed by atoms with E-state index in [2.05, 4.69) is 5.32 Å². The van der Waals surface area contributed by atoms with Crippen LogP contribution in [0, 0.1) is 0 Å². The number of ether oxygens (including phenoxy) is 1. The smallest absolute Gasteiger partial charge is 0.410 e. The molecule has 0 spiro atoms. The van der Waals surface area contributed by atoms with Gasteiger partial charge in [-0.2, -0.15) is 0 Å². The molecule has 4 nitrogen and oxygen atoms in total. The maximum Gasteiger partial charge on any atom is 0.410 e. The summed E-state index contributed by atoms with van der Waals surface area (Å²) in [6, 6.07) is 10.1. The fourth-order valence-electron chi connectivity index (χ4n) is 1.97. The van der Waals surface area contributed by atoms with Crippen LogP contribution < -0.4 is 5.32 Å². The molecule has 1 atom stereocenters. The maximum atomic E-state index is 11.8. The molecule has 1 amide bonds. The Bertz CT molecular complexity index is 373. The first-order valence-corrected chi connectivity index (χ1v) is 5.92. The van der Waals surface area contributed by atoms with Crippen LogP contribution in [0.2, 0.25) is 0 Å². The van der Waals surface area contributed by atoms with Crippen molar-refractivity contribution in [3.8, 4) is 0 Å². The molecule has 1 fully saturated rings. The van der Waals surface area contributed by atoms with Gasteiger partial charge in [-0.05, 0) is 19.0 Å². The highest BCUT2D eigenvalue weighted by molar-refractivity contribution is 5.85. The summed E-state index contributed by atoms with van der Waals surface area (Å²) in [5.74, 6) is 0. The summed E-state index contributed by atoms with van der Waals surface area (Å²) in [7, 11) is 1.92. The van der Waals surface area contributed by atoms with Gasteiger partial charge in [-0.15, -0.1) is 12.4 Å². The molecule has 0 saturated carbocycles. The second-order valence-corrected chi connectivity index (χ2v) is 4.26. The molecule has 0 radical (unpaired) electrons. The third-order valence-electron chi connectivity index (χ3n) is 3.06. The molecule has 0 aliphatic carbocycles. The van der Waals surface area contributed by atoms with E-state index < -0.39 is 0 Å². The summed E-state index contributed by atoms with van der Waals surface area (Å²) in [6.07, 6.45) is 0.781. The molecule has 1 saturated heterocycles. The number of nitrogens with one attached hydrogen (secondary N) is 1. The van der Waals surface area contributed by atoms with E-state index in [1.165, 1.54) is 0 Å².